The number of benzene rings is 1. The quantitative estimate of drug-likeness (QED) is 0.676. The Kier molecular flexibility index (Phi) is 6.53. The average Bonchev–Trinajstić information content (AvgIpc) is 3.48. The molecule has 0 spiro atoms. The van der Waals surface area contributed by atoms with Crippen molar-refractivity contribution in [3.05, 3.63) is 54.1 Å². The van der Waals surface area contributed by atoms with Crippen LogP contribution in [0.2, 0.25) is 0 Å². The highest BCUT2D eigenvalue weighted by Crippen LogP contribution is 2.25. The Balaban J connectivity index is 1.34. The van der Waals surface area contributed by atoms with Crippen molar-refractivity contribution < 1.29 is 9.59 Å². The summed E-state index contributed by atoms with van der Waals surface area (Å²) in [4.78, 5) is 26.9. The SMILES string of the molecule is O=C(Nc1ccc(CCC2(NC(=O)N3CCCC3)C=CC=CC2)cc1)C1CCCN1. The molecule has 6 nitrogen and oxygen atoms in total. The van der Waals surface area contributed by atoms with Gasteiger partial charge in [0.05, 0.1) is 11.6 Å². The lowest BCUT2D eigenvalue weighted by Gasteiger charge is -2.34. The maximum atomic E-state index is 12.7. The van der Waals surface area contributed by atoms with Gasteiger partial charge < -0.3 is 20.9 Å². The number of anilines is 1. The van der Waals surface area contributed by atoms with Gasteiger partial charge in [-0.15, -0.1) is 0 Å². The summed E-state index contributed by atoms with van der Waals surface area (Å²) in [7, 11) is 0. The van der Waals surface area contributed by atoms with Crippen LogP contribution in [0.3, 0.4) is 0 Å². The summed E-state index contributed by atoms with van der Waals surface area (Å²) in [5, 5.41) is 9.52. The van der Waals surface area contributed by atoms with Crippen LogP contribution in [-0.2, 0) is 11.2 Å². The van der Waals surface area contributed by atoms with Gasteiger partial charge in [0.1, 0.15) is 0 Å². The summed E-state index contributed by atoms with van der Waals surface area (Å²) in [6.07, 6.45) is 15.0. The first kappa shape index (κ1) is 20.7. The van der Waals surface area contributed by atoms with Crippen molar-refractivity contribution in [2.75, 3.05) is 25.0 Å². The molecule has 0 saturated carbocycles. The van der Waals surface area contributed by atoms with E-state index in [9.17, 15) is 9.59 Å². The first-order valence-electron chi connectivity index (χ1n) is 11.2. The molecule has 3 amide bonds. The van der Waals surface area contributed by atoms with Gasteiger partial charge in [0.25, 0.3) is 0 Å². The molecule has 0 bridgehead atoms. The Morgan fingerprint density at radius 1 is 1.10 bits per heavy atom. The maximum Gasteiger partial charge on any atom is 0.318 e. The molecule has 0 aromatic heterocycles. The Hall–Kier alpha value is -2.60. The zero-order valence-corrected chi connectivity index (χ0v) is 17.5. The van der Waals surface area contributed by atoms with Crippen LogP contribution in [0.15, 0.2) is 48.6 Å². The second-order valence-corrected chi connectivity index (χ2v) is 8.61. The molecule has 1 aliphatic carbocycles. The van der Waals surface area contributed by atoms with Gasteiger partial charge in [-0.2, -0.15) is 0 Å². The van der Waals surface area contributed by atoms with Crippen molar-refractivity contribution in [1.82, 2.24) is 15.5 Å². The van der Waals surface area contributed by atoms with Gasteiger partial charge in [-0.3, -0.25) is 4.79 Å². The Morgan fingerprint density at radius 2 is 1.90 bits per heavy atom. The number of likely N-dealkylation sites (tertiary alicyclic amines) is 1. The van der Waals surface area contributed by atoms with Gasteiger partial charge in [-0.05, 0) is 69.2 Å². The second kappa shape index (κ2) is 9.47. The van der Waals surface area contributed by atoms with E-state index in [1.54, 1.807) is 0 Å². The van der Waals surface area contributed by atoms with Crippen molar-refractivity contribution in [2.45, 2.75) is 56.5 Å². The molecule has 2 aliphatic heterocycles. The second-order valence-electron chi connectivity index (χ2n) is 8.61. The highest BCUT2D eigenvalue weighted by atomic mass is 16.2. The monoisotopic (exact) mass is 408 g/mol. The molecule has 2 heterocycles. The van der Waals surface area contributed by atoms with E-state index in [1.165, 1.54) is 5.56 Å². The van der Waals surface area contributed by atoms with Crippen LogP contribution in [-0.4, -0.2) is 48.1 Å². The molecule has 1 aromatic carbocycles. The summed E-state index contributed by atoms with van der Waals surface area (Å²) in [5.41, 5.74) is 1.69. The maximum absolute atomic E-state index is 12.7. The van der Waals surface area contributed by atoms with E-state index >= 15 is 0 Å². The van der Waals surface area contributed by atoms with Gasteiger partial charge >= 0.3 is 6.03 Å². The molecule has 2 unspecified atom stereocenters. The summed E-state index contributed by atoms with van der Waals surface area (Å²) in [6, 6.07) is 8.04. The molecule has 160 valence electrons. The number of carbonyl (C=O) groups is 2. The third kappa shape index (κ3) is 5.11. The van der Waals surface area contributed by atoms with Crippen molar-refractivity contribution in [1.29, 1.82) is 0 Å². The number of aryl methyl sites for hydroxylation is 1. The minimum absolute atomic E-state index is 0.0444. The molecule has 1 aromatic rings. The molecule has 30 heavy (non-hydrogen) atoms. The van der Waals surface area contributed by atoms with Gasteiger partial charge in [0.2, 0.25) is 5.91 Å². The zero-order chi connectivity index (χ0) is 20.8. The zero-order valence-electron chi connectivity index (χ0n) is 17.5. The predicted octanol–water partition coefficient (Wildman–Crippen LogP) is 3.37. The number of urea groups is 1. The van der Waals surface area contributed by atoms with Crippen molar-refractivity contribution in [3.8, 4) is 0 Å². The molecular weight excluding hydrogens is 376 g/mol. The highest BCUT2D eigenvalue weighted by Gasteiger charge is 2.31. The molecule has 2 atom stereocenters. The lowest BCUT2D eigenvalue weighted by atomic mass is 9.85. The van der Waals surface area contributed by atoms with E-state index in [-0.39, 0.29) is 23.5 Å². The number of amides is 3. The van der Waals surface area contributed by atoms with E-state index in [0.29, 0.717) is 0 Å². The first-order chi connectivity index (χ1) is 14.6. The lowest BCUT2D eigenvalue weighted by Crippen LogP contribution is -2.52. The number of nitrogens with zero attached hydrogens (tertiary/aromatic N) is 1. The standard InChI is InChI=1S/C24H32N4O2/c29-22(21-7-6-16-25-21)26-20-10-8-19(9-11-20)12-15-24(13-2-1-3-14-24)27-23(30)28-17-4-5-18-28/h1-3,8-11,13,21,25H,4-7,12,14-18H2,(H,26,29)(H,27,30). The smallest absolute Gasteiger partial charge is 0.318 e. The number of hydrogen-bond acceptors (Lipinski definition) is 3. The van der Waals surface area contributed by atoms with Crippen molar-refractivity contribution in [3.63, 3.8) is 0 Å². The number of nitrogens with one attached hydrogen (secondary N) is 3. The largest absolute Gasteiger partial charge is 0.329 e. The fourth-order valence-electron chi connectivity index (χ4n) is 4.48. The number of allylic oxidation sites excluding steroid dienone is 2. The van der Waals surface area contributed by atoms with Gasteiger partial charge in [-0.1, -0.05) is 36.4 Å². The third-order valence-electron chi connectivity index (χ3n) is 6.35. The van der Waals surface area contributed by atoms with Gasteiger partial charge in [0, 0.05) is 18.8 Å². The van der Waals surface area contributed by atoms with Gasteiger partial charge in [-0.25, -0.2) is 4.79 Å². The Bertz CT molecular complexity index is 805. The van der Waals surface area contributed by atoms with Crippen LogP contribution in [0.25, 0.3) is 0 Å². The van der Waals surface area contributed by atoms with Gasteiger partial charge in [0.15, 0.2) is 0 Å². The topological polar surface area (TPSA) is 73.5 Å². The van der Waals surface area contributed by atoms with Crippen LogP contribution >= 0.6 is 0 Å². The Labute approximate surface area is 178 Å². The van der Waals surface area contributed by atoms with Crippen LogP contribution in [0.5, 0.6) is 0 Å². The fraction of sp³-hybridized carbons (Fsp3) is 0.500. The van der Waals surface area contributed by atoms with Crippen LogP contribution in [0.1, 0.15) is 44.1 Å². The van der Waals surface area contributed by atoms with E-state index < -0.39 is 0 Å². The van der Waals surface area contributed by atoms with Crippen LogP contribution in [0, 0.1) is 0 Å². The summed E-state index contributed by atoms with van der Waals surface area (Å²) >= 11 is 0. The molecule has 3 aliphatic rings. The Morgan fingerprint density at radius 3 is 2.57 bits per heavy atom. The number of rotatable bonds is 6. The van der Waals surface area contributed by atoms with E-state index in [0.717, 1.165) is 70.3 Å². The highest BCUT2D eigenvalue weighted by molar-refractivity contribution is 5.95. The van der Waals surface area contributed by atoms with Crippen molar-refractivity contribution >= 4 is 17.6 Å². The first-order valence-corrected chi connectivity index (χ1v) is 11.2. The summed E-state index contributed by atoms with van der Waals surface area (Å²) in [5.74, 6) is 0.0444. The average molecular weight is 409 g/mol. The normalized spacial score (nSPS) is 25.5. The molecule has 2 fully saturated rings. The van der Waals surface area contributed by atoms with E-state index in [2.05, 4.69) is 40.2 Å². The molecule has 2 saturated heterocycles. The summed E-state index contributed by atoms with van der Waals surface area (Å²) in [6.45, 7) is 2.62. The molecule has 0 radical (unpaired) electrons. The summed E-state index contributed by atoms with van der Waals surface area (Å²) < 4.78 is 0. The molecule has 4 rings (SSSR count). The molecular formula is C24H32N4O2. The molecule has 6 heteroatoms. The number of carbonyl (C=O) groups excluding carboxylic acids is 2. The van der Waals surface area contributed by atoms with E-state index in [1.807, 2.05) is 29.2 Å². The predicted molar refractivity (Wildman–Crippen MR) is 119 cm³/mol. The van der Waals surface area contributed by atoms with Crippen molar-refractivity contribution in [2.24, 2.45) is 0 Å². The lowest BCUT2D eigenvalue weighted by molar-refractivity contribution is -0.117. The van der Waals surface area contributed by atoms with Crippen LogP contribution in [0.4, 0.5) is 10.5 Å². The minimum atomic E-state index is -0.338. The molecule has 3 N–H and O–H groups in total. The minimum Gasteiger partial charge on any atom is -0.329 e. The number of hydrogen-bond donors (Lipinski definition) is 3. The van der Waals surface area contributed by atoms with E-state index in [4.69, 9.17) is 0 Å². The fourth-order valence-corrected chi connectivity index (χ4v) is 4.48. The third-order valence-corrected chi connectivity index (χ3v) is 6.35. The van der Waals surface area contributed by atoms with Crippen LogP contribution < -0.4 is 16.0 Å².